The van der Waals surface area contributed by atoms with Crippen molar-refractivity contribution in [2.75, 3.05) is 39.9 Å². The summed E-state index contributed by atoms with van der Waals surface area (Å²) in [5.74, 6) is -2.55. The van der Waals surface area contributed by atoms with Crippen molar-refractivity contribution in [2.45, 2.75) is 87.9 Å². The summed E-state index contributed by atoms with van der Waals surface area (Å²) >= 11 is 12.6. The van der Waals surface area contributed by atoms with E-state index in [0.717, 1.165) is 46.5 Å². The zero-order valence-corrected chi connectivity index (χ0v) is 37.8. The number of likely N-dealkylation sites (tertiary alicyclic amines) is 1. The standard InChI is InChI=1S/C46H52Cl2F3N7O7/c1-29-41(60)53-36(26-64-3)42(61)54-44(21-30-6-11-33(47)12-7-30)16-4-19-57(28-44)43(62)45(63,27-46(49,50)51)22-40(59)58(29)24-32-8-13-34(48)20-38(32)65-35-14-9-31(10-15-35)37-23-52-39(55(37)2)25-56-17-5-18-56/h6-15,20,23,29,36,63H,4-5,16-19,21-22,24-28H2,1-3H3,(H,53,60)(H,54,61)/t29-,36-,44+,45-/m0/s1. The summed E-state index contributed by atoms with van der Waals surface area (Å²) in [6.45, 7) is 3.06. The molecule has 3 aliphatic heterocycles. The van der Waals surface area contributed by atoms with Crippen LogP contribution in [0, 0.1) is 0 Å². The molecular formula is C46H52Cl2F3N7O7. The number of nitrogens with one attached hydrogen (secondary N) is 2. The first-order valence-electron chi connectivity index (χ1n) is 21.4. The van der Waals surface area contributed by atoms with E-state index in [1.807, 2.05) is 29.9 Å². The molecule has 0 unspecified atom stereocenters. The zero-order valence-electron chi connectivity index (χ0n) is 36.3. The first kappa shape index (κ1) is 47.8. The van der Waals surface area contributed by atoms with Gasteiger partial charge in [-0.3, -0.25) is 24.1 Å². The summed E-state index contributed by atoms with van der Waals surface area (Å²) in [7, 11) is 3.30. The maximum absolute atomic E-state index is 14.5. The molecule has 1 aromatic heterocycles. The molecule has 4 heterocycles. The van der Waals surface area contributed by atoms with E-state index in [1.54, 1.807) is 36.4 Å². The van der Waals surface area contributed by atoms with Gasteiger partial charge in [-0.15, -0.1) is 0 Å². The van der Waals surface area contributed by atoms with Gasteiger partial charge < -0.3 is 39.6 Å². The lowest BCUT2D eigenvalue weighted by atomic mass is 9.81. The van der Waals surface area contributed by atoms with E-state index in [4.69, 9.17) is 32.7 Å². The summed E-state index contributed by atoms with van der Waals surface area (Å²) in [6.07, 6.45) is -4.85. The number of rotatable bonds is 12. The zero-order chi connectivity index (χ0) is 46.7. The molecule has 4 atom stereocenters. The number of alkyl halides is 3. The largest absolute Gasteiger partial charge is 0.457 e. The van der Waals surface area contributed by atoms with Crippen molar-refractivity contribution in [3.63, 3.8) is 0 Å². The van der Waals surface area contributed by atoms with Gasteiger partial charge in [-0.05, 0) is 99.8 Å². The van der Waals surface area contributed by atoms with Crippen molar-refractivity contribution >= 4 is 46.8 Å². The maximum atomic E-state index is 14.5. The van der Waals surface area contributed by atoms with Crippen LogP contribution >= 0.6 is 23.2 Å². The van der Waals surface area contributed by atoms with Crippen LogP contribution in [0.25, 0.3) is 11.3 Å². The van der Waals surface area contributed by atoms with E-state index >= 15 is 0 Å². The van der Waals surface area contributed by atoms with E-state index in [0.29, 0.717) is 22.8 Å². The summed E-state index contributed by atoms with van der Waals surface area (Å²) in [5.41, 5.74) is -1.79. The van der Waals surface area contributed by atoms with E-state index in [1.165, 1.54) is 38.7 Å². The molecule has 0 radical (unpaired) electrons. The van der Waals surface area contributed by atoms with E-state index in [9.17, 15) is 37.5 Å². The lowest BCUT2D eigenvalue weighted by molar-refractivity contribution is -0.194. The third kappa shape index (κ3) is 11.4. The molecule has 4 aromatic rings. The van der Waals surface area contributed by atoms with Crippen molar-refractivity contribution in [3.8, 4) is 22.8 Å². The molecule has 3 fully saturated rings. The lowest BCUT2D eigenvalue weighted by Crippen LogP contribution is -2.67. The minimum absolute atomic E-state index is 0.0575. The Labute approximate surface area is 384 Å². The molecule has 14 nitrogen and oxygen atoms in total. The fraction of sp³-hybridized carbons (Fsp3) is 0.457. The Kier molecular flexibility index (Phi) is 14.5. The first-order valence-corrected chi connectivity index (χ1v) is 22.1. The van der Waals surface area contributed by atoms with Gasteiger partial charge in [0.25, 0.3) is 5.91 Å². The van der Waals surface area contributed by atoms with Crippen LogP contribution in [0.4, 0.5) is 13.2 Å². The Morgan fingerprint density at radius 2 is 1.63 bits per heavy atom. The van der Waals surface area contributed by atoms with Gasteiger partial charge in [0.2, 0.25) is 17.7 Å². The Morgan fingerprint density at radius 1 is 0.923 bits per heavy atom. The van der Waals surface area contributed by atoms with Crippen molar-refractivity contribution in [3.05, 3.63) is 99.9 Å². The van der Waals surface area contributed by atoms with Crippen LogP contribution in [0.2, 0.25) is 10.0 Å². The Hall–Kier alpha value is -5.20. The fourth-order valence-electron chi connectivity index (χ4n) is 8.71. The number of nitrogens with zero attached hydrogens (tertiary/aromatic N) is 5. The number of carbonyl (C=O) groups excluding carboxylic acids is 4. The number of ether oxygens (including phenoxy) is 2. The third-order valence-corrected chi connectivity index (χ3v) is 12.8. The average molecular weight is 943 g/mol. The second-order valence-electron chi connectivity index (χ2n) is 17.2. The summed E-state index contributed by atoms with van der Waals surface area (Å²) in [6, 6.07) is 15.7. The number of hydrogen-bond donors (Lipinski definition) is 3. The van der Waals surface area contributed by atoms with Crippen LogP contribution < -0.4 is 15.4 Å². The minimum Gasteiger partial charge on any atom is -0.457 e. The van der Waals surface area contributed by atoms with Crippen LogP contribution in [0.1, 0.15) is 56.0 Å². The topological polar surface area (TPSA) is 159 Å². The molecule has 19 heteroatoms. The maximum Gasteiger partial charge on any atom is 0.392 e. The number of aromatic nitrogens is 2. The van der Waals surface area contributed by atoms with Gasteiger partial charge in [-0.25, -0.2) is 4.98 Å². The van der Waals surface area contributed by atoms with E-state index in [-0.39, 0.29) is 48.9 Å². The molecule has 0 aliphatic carbocycles. The highest BCUT2D eigenvalue weighted by Gasteiger charge is 2.52. The molecule has 0 saturated carbocycles. The smallest absolute Gasteiger partial charge is 0.392 e. The predicted octanol–water partition coefficient (Wildman–Crippen LogP) is 6.05. The summed E-state index contributed by atoms with van der Waals surface area (Å²) in [5, 5.41) is 18.3. The number of methoxy groups -OCH3 is 1. The fourth-order valence-corrected chi connectivity index (χ4v) is 9.00. The molecule has 3 saturated heterocycles. The van der Waals surface area contributed by atoms with Crippen LogP contribution in [0.3, 0.4) is 0 Å². The molecule has 2 bridgehead atoms. The molecule has 3 N–H and O–H groups in total. The highest BCUT2D eigenvalue weighted by molar-refractivity contribution is 6.31. The predicted molar refractivity (Wildman–Crippen MR) is 236 cm³/mol. The molecule has 3 aliphatic rings. The molecule has 348 valence electrons. The summed E-state index contributed by atoms with van der Waals surface area (Å²) < 4.78 is 56.9. The molecular weight excluding hydrogens is 890 g/mol. The van der Waals surface area contributed by atoms with Gasteiger partial charge in [-0.2, -0.15) is 13.2 Å². The number of halogens is 5. The van der Waals surface area contributed by atoms with Crippen molar-refractivity contribution in [2.24, 2.45) is 7.05 Å². The van der Waals surface area contributed by atoms with Crippen LogP contribution in [-0.2, 0) is 50.5 Å². The van der Waals surface area contributed by atoms with Gasteiger partial charge in [0.15, 0.2) is 5.60 Å². The van der Waals surface area contributed by atoms with Crippen LogP contribution in [0.5, 0.6) is 11.5 Å². The number of piperidine rings is 1. The Bertz CT molecular complexity index is 2380. The molecule has 7 rings (SSSR count). The monoisotopic (exact) mass is 941 g/mol. The third-order valence-electron chi connectivity index (χ3n) is 12.3. The van der Waals surface area contributed by atoms with Crippen molar-refractivity contribution in [1.29, 1.82) is 0 Å². The first-order chi connectivity index (χ1) is 30.8. The number of amides is 4. The highest BCUT2D eigenvalue weighted by atomic mass is 35.5. The summed E-state index contributed by atoms with van der Waals surface area (Å²) in [4.78, 5) is 66.2. The normalized spacial score (nSPS) is 23.7. The minimum atomic E-state index is -5.10. The molecule has 3 aromatic carbocycles. The lowest BCUT2D eigenvalue weighted by Gasteiger charge is -2.46. The quantitative estimate of drug-likeness (QED) is 0.154. The SMILES string of the molecule is COC[C@@H]1NC(=O)[C@H](C)N(Cc2ccc(Cl)cc2Oc2ccc(-c3cnc(CN4CCC4)n3C)cc2)C(=O)C[C@](O)(CC(F)(F)F)C(=O)N2CCC[C@@](Cc3ccc(Cl)cc3)(C2)NC1=O. The van der Waals surface area contributed by atoms with Crippen LogP contribution in [-0.4, -0.2) is 122 Å². The van der Waals surface area contributed by atoms with E-state index < -0.39 is 72.4 Å². The second-order valence-corrected chi connectivity index (χ2v) is 18.1. The number of fused-ring (bicyclic) bond motifs is 2. The number of hydrogen-bond acceptors (Lipinski definition) is 9. The molecule has 0 spiro atoms. The number of aliphatic hydroxyl groups is 1. The van der Waals surface area contributed by atoms with Gasteiger partial charge in [0, 0.05) is 48.4 Å². The van der Waals surface area contributed by atoms with Gasteiger partial charge >= 0.3 is 6.18 Å². The second kappa shape index (κ2) is 19.7. The molecule has 65 heavy (non-hydrogen) atoms. The Morgan fingerprint density at radius 3 is 2.29 bits per heavy atom. The van der Waals surface area contributed by atoms with Crippen molar-refractivity contribution < 1.29 is 46.9 Å². The average Bonchev–Trinajstić information content (AvgIpc) is 3.60. The number of carbonyl (C=O) groups is 4. The number of imidazole rings is 1. The van der Waals surface area contributed by atoms with Crippen LogP contribution in [0.15, 0.2) is 72.9 Å². The van der Waals surface area contributed by atoms with Gasteiger partial charge in [-0.1, -0.05) is 41.4 Å². The Balaban J connectivity index is 1.20. The number of benzene rings is 3. The van der Waals surface area contributed by atoms with Gasteiger partial charge in [0.05, 0.1) is 50.0 Å². The van der Waals surface area contributed by atoms with E-state index in [2.05, 4.69) is 20.5 Å². The highest BCUT2D eigenvalue weighted by Crippen LogP contribution is 2.37. The van der Waals surface area contributed by atoms with Gasteiger partial charge in [0.1, 0.15) is 29.4 Å². The molecule has 4 amide bonds. The van der Waals surface area contributed by atoms with Crippen molar-refractivity contribution in [1.82, 2.24) is 34.9 Å².